The molecule has 1 aromatic heterocycles. The topological polar surface area (TPSA) is 39.2 Å². The highest BCUT2D eigenvalue weighted by Crippen LogP contribution is 2.30. The van der Waals surface area contributed by atoms with Crippen LogP contribution >= 0.6 is 11.6 Å². The molecule has 0 fully saturated rings. The minimum absolute atomic E-state index is 0.452. The zero-order valence-electron chi connectivity index (χ0n) is 10.1. The first kappa shape index (κ1) is 12.6. The van der Waals surface area contributed by atoms with Gasteiger partial charge in [0.15, 0.2) is 6.29 Å². The summed E-state index contributed by atoms with van der Waals surface area (Å²) >= 11 is 6.05. The Morgan fingerprint density at radius 2 is 2.06 bits per heavy atom. The monoisotopic (exact) mass is 261 g/mol. The van der Waals surface area contributed by atoms with Crippen molar-refractivity contribution in [3.63, 3.8) is 0 Å². The van der Waals surface area contributed by atoms with Gasteiger partial charge >= 0.3 is 0 Å². The lowest BCUT2D eigenvalue weighted by atomic mass is 10.2. The molecule has 0 aliphatic rings. The van der Waals surface area contributed by atoms with Crippen LogP contribution in [0.2, 0.25) is 5.02 Å². The Hall–Kier alpha value is -1.87. The van der Waals surface area contributed by atoms with E-state index in [4.69, 9.17) is 16.3 Å². The van der Waals surface area contributed by atoms with Gasteiger partial charge in [-0.05, 0) is 37.6 Å². The largest absolute Gasteiger partial charge is 0.437 e. The van der Waals surface area contributed by atoms with E-state index in [0.29, 0.717) is 22.2 Å². The molecular formula is C14H12ClNO2. The number of aldehydes is 1. The van der Waals surface area contributed by atoms with E-state index in [2.05, 4.69) is 4.98 Å². The Balaban J connectivity index is 2.34. The normalized spacial score (nSPS) is 10.2. The third kappa shape index (κ3) is 2.68. The highest BCUT2D eigenvalue weighted by atomic mass is 35.5. The molecule has 0 spiro atoms. The molecule has 4 heteroatoms. The van der Waals surface area contributed by atoms with Crippen molar-refractivity contribution in [3.05, 3.63) is 52.2 Å². The third-order valence-electron chi connectivity index (χ3n) is 2.48. The van der Waals surface area contributed by atoms with E-state index >= 15 is 0 Å². The molecule has 0 bridgehead atoms. The summed E-state index contributed by atoms with van der Waals surface area (Å²) in [6.07, 6.45) is 2.22. The third-order valence-corrected chi connectivity index (χ3v) is 2.79. The fourth-order valence-corrected chi connectivity index (χ4v) is 1.70. The number of ether oxygens (including phenoxy) is 1. The van der Waals surface area contributed by atoms with Crippen molar-refractivity contribution in [2.45, 2.75) is 13.8 Å². The minimum Gasteiger partial charge on any atom is -0.437 e. The van der Waals surface area contributed by atoms with Crippen LogP contribution in [-0.2, 0) is 0 Å². The summed E-state index contributed by atoms with van der Waals surface area (Å²) in [6, 6.07) is 7.25. The van der Waals surface area contributed by atoms with E-state index in [1.54, 1.807) is 12.1 Å². The summed E-state index contributed by atoms with van der Waals surface area (Å²) in [4.78, 5) is 14.7. The van der Waals surface area contributed by atoms with Gasteiger partial charge in [-0.2, -0.15) is 0 Å². The van der Waals surface area contributed by atoms with Crippen LogP contribution in [0, 0.1) is 13.8 Å². The highest BCUT2D eigenvalue weighted by molar-refractivity contribution is 6.32. The second kappa shape index (κ2) is 5.19. The molecule has 92 valence electrons. The first-order valence-corrected chi connectivity index (χ1v) is 5.84. The smallest absolute Gasteiger partial charge is 0.222 e. The first-order valence-electron chi connectivity index (χ1n) is 5.46. The van der Waals surface area contributed by atoms with Crippen molar-refractivity contribution in [1.82, 2.24) is 4.98 Å². The summed E-state index contributed by atoms with van der Waals surface area (Å²) in [7, 11) is 0. The average molecular weight is 262 g/mol. The number of pyridine rings is 1. The van der Waals surface area contributed by atoms with E-state index in [1.807, 2.05) is 26.0 Å². The average Bonchev–Trinajstić information content (AvgIpc) is 2.36. The van der Waals surface area contributed by atoms with Crippen LogP contribution < -0.4 is 4.74 Å². The Kier molecular flexibility index (Phi) is 3.63. The Morgan fingerprint density at radius 1 is 1.28 bits per heavy atom. The zero-order valence-corrected chi connectivity index (χ0v) is 10.9. The van der Waals surface area contributed by atoms with Crippen molar-refractivity contribution < 1.29 is 9.53 Å². The van der Waals surface area contributed by atoms with Crippen LogP contribution in [0.4, 0.5) is 0 Å². The van der Waals surface area contributed by atoms with Crippen LogP contribution in [-0.4, -0.2) is 11.3 Å². The van der Waals surface area contributed by atoms with Gasteiger partial charge in [-0.25, -0.2) is 4.98 Å². The maximum absolute atomic E-state index is 10.6. The molecular weight excluding hydrogens is 250 g/mol. The fourth-order valence-electron chi connectivity index (χ4n) is 1.55. The zero-order chi connectivity index (χ0) is 13.1. The van der Waals surface area contributed by atoms with Gasteiger partial charge in [0.1, 0.15) is 5.75 Å². The molecule has 1 heterocycles. The molecule has 3 nitrogen and oxygen atoms in total. The van der Waals surface area contributed by atoms with Crippen molar-refractivity contribution >= 4 is 17.9 Å². The predicted molar refractivity (Wildman–Crippen MR) is 70.6 cm³/mol. The van der Waals surface area contributed by atoms with Gasteiger partial charge < -0.3 is 4.74 Å². The molecule has 0 N–H and O–H groups in total. The molecule has 0 unspecified atom stereocenters. The second-order valence-corrected chi connectivity index (χ2v) is 4.45. The van der Waals surface area contributed by atoms with Crippen LogP contribution in [0.5, 0.6) is 11.6 Å². The maximum atomic E-state index is 10.6. The standard InChI is InChI=1S/C14H12ClNO2/c1-9-3-4-12(15)13(5-9)18-14-10(2)6-11(8-17)7-16-14/h3-8H,1-2H3. The van der Waals surface area contributed by atoms with Gasteiger partial charge in [-0.3, -0.25) is 4.79 Å². The molecule has 0 saturated heterocycles. The van der Waals surface area contributed by atoms with E-state index in [1.165, 1.54) is 6.20 Å². The molecule has 1 aromatic carbocycles. The van der Waals surface area contributed by atoms with Gasteiger partial charge in [0, 0.05) is 17.3 Å². The maximum Gasteiger partial charge on any atom is 0.222 e. The number of hydrogen-bond acceptors (Lipinski definition) is 3. The Bertz CT molecular complexity index is 596. The van der Waals surface area contributed by atoms with Gasteiger partial charge in [-0.15, -0.1) is 0 Å². The van der Waals surface area contributed by atoms with E-state index < -0.39 is 0 Å². The Labute approximate surface area is 110 Å². The number of aryl methyl sites for hydroxylation is 2. The highest BCUT2D eigenvalue weighted by Gasteiger charge is 2.07. The predicted octanol–water partition coefficient (Wildman–Crippen LogP) is 3.96. The molecule has 0 atom stereocenters. The van der Waals surface area contributed by atoms with E-state index in [9.17, 15) is 4.79 Å². The minimum atomic E-state index is 0.452. The molecule has 18 heavy (non-hydrogen) atoms. The van der Waals surface area contributed by atoms with Crippen molar-refractivity contribution in [1.29, 1.82) is 0 Å². The quantitative estimate of drug-likeness (QED) is 0.785. The number of benzene rings is 1. The van der Waals surface area contributed by atoms with Crippen molar-refractivity contribution in [3.8, 4) is 11.6 Å². The molecule has 0 radical (unpaired) electrons. The van der Waals surface area contributed by atoms with Crippen LogP contribution in [0.25, 0.3) is 0 Å². The lowest BCUT2D eigenvalue weighted by Crippen LogP contribution is -1.94. The lowest BCUT2D eigenvalue weighted by Gasteiger charge is -2.09. The van der Waals surface area contributed by atoms with Gasteiger partial charge in [-0.1, -0.05) is 17.7 Å². The van der Waals surface area contributed by atoms with Crippen molar-refractivity contribution in [2.75, 3.05) is 0 Å². The number of carbonyl (C=O) groups is 1. The molecule has 0 saturated carbocycles. The van der Waals surface area contributed by atoms with Crippen molar-refractivity contribution in [2.24, 2.45) is 0 Å². The molecule has 2 aromatic rings. The van der Waals surface area contributed by atoms with E-state index in [-0.39, 0.29) is 0 Å². The summed E-state index contributed by atoms with van der Waals surface area (Å²) in [5, 5.41) is 0.529. The Morgan fingerprint density at radius 3 is 2.72 bits per heavy atom. The van der Waals surface area contributed by atoms with Crippen LogP contribution in [0.3, 0.4) is 0 Å². The van der Waals surface area contributed by atoms with Gasteiger partial charge in [0.05, 0.1) is 5.02 Å². The summed E-state index contributed by atoms with van der Waals surface area (Å²) < 4.78 is 5.66. The van der Waals surface area contributed by atoms with Crippen LogP contribution in [0.15, 0.2) is 30.5 Å². The number of halogens is 1. The second-order valence-electron chi connectivity index (χ2n) is 4.04. The number of hydrogen-bond donors (Lipinski definition) is 0. The van der Waals surface area contributed by atoms with Gasteiger partial charge in [0.25, 0.3) is 0 Å². The summed E-state index contributed by atoms with van der Waals surface area (Å²) in [5.74, 6) is 1.01. The number of nitrogens with zero attached hydrogens (tertiary/aromatic N) is 1. The molecule has 0 amide bonds. The number of carbonyl (C=O) groups excluding carboxylic acids is 1. The molecule has 0 aliphatic heterocycles. The SMILES string of the molecule is Cc1ccc(Cl)c(Oc2ncc(C=O)cc2C)c1. The fraction of sp³-hybridized carbons (Fsp3) is 0.143. The first-order chi connectivity index (χ1) is 8.60. The summed E-state index contributed by atoms with van der Waals surface area (Å²) in [6.45, 7) is 3.79. The summed E-state index contributed by atoms with van der Waals surface area (Å²) in [5.41, 5.74) is 2.36. The lowest BCUT2D eigenvalue weighted by molar-refractivity contribution is 0.112. The van der Waals surface area contributed by atoms with Crippen LogP contribution in [0.1, 0.15) is 21.5 Å². The molecule has 2 rings (SSSR count). The molecule has 0 aliphatic carbocycles. The van der Waals surface area contributed by atoms with Gasteiger partial charge in [0.2, 0.25) is 5.88 Å². The number of aromatic nitrogens is 1. The van der Waals surface area contributed by atoms with E-state index in [0.717, 1.165) is 17.4 Å². The number of rotatable bonds is 3.